The second kappa shape index (κ2) is 10.2. The van der Waals surface area contributed by atoms with Gasteiger partial charge in [0.1, 0.15) is 11.5 Å². The first kappa shape index (κ1) is 24.3. The zero-order valence-electron chi connectivity index (χ0n) is 19.5. The van der Waals surface area contributed by atoms with Crippen LogP contribution in [0.15, 0.2) is 90.2 Å². The monoisotopic (exact) mass is 485 g/mol. The minimum absolute atomic E-state index is 0.0557. The number of aliphatic hydroxyl groups excluding tert-OH is 1. The van der Waals surface area contributed by atoms with E-state index in [-0.39, 0.29) is 16.8 Å². The van der Waals surface area contributed by atoms with E-state index in [9.17, 15) is 24.6 Å². The molecule has 4 rings (SSSR count). The summed E-state index contributed by atoms with van der Waals surface area (Å²) in [5, 5.41) is 20.4. The van der Waals surface area contributed by atoms with Crippen LogP contribution in [0, 0.1) is 0 Å². The van der Waals surface area contributed by atoms with Crippen molar-refractivity contribution in [1.82, 2.24) is 0 Å². The van der Waals surface area contributed by atoms with Crippen LogP contribution in [-0.2, 0) is 9.59 Å². The maximum Gasteiger partial charge on any atom is 0.335 e. The van der Waals surface area contributed by atoms with Gasteiger partial charge < -0.3 is 19.7 Å². The lowest BCUT2D eigenvalue weighted by atomic mass is 9.94. The third kappa shape index (κ3) is 4.56. The van der Waals surface area contributed by atoms with Gasteiger partial charge in [-0.05, 0) is 48.0 Å². The standard InChI is InChI=1S/C28H23NO7/c1-35-20-12-14-23(36-2)21(16-20)25-24(22(30)13-11-17-7-4-3-5-8-17)26(31)27(32)29(25)19-10-6-9-18(15-19)28(33)34/h3-16,25,31H,1-2H3,(H,33,34)/t25-/m1/s1. The first-order chi connectivity index (χ1) is 17.3. The maximum absolute atomic E-state index is 13.4. The van der Waals surface area contributed by atoms with Crippen molar-refractivity contribution in [1.29, 1.82) is 0 Å². The van der Waals surface area contributed by atoms with Gasteiger partial charge in [0.2, 0.25) is 0 Å². The number of carboxylic acids is 1. The summed E-state index contributed by atoms with van der Waals surface area (Å²) in [6.07, 6.45) is 2.87. The number of benzene rings is 3. The minimum Gasteiger partial charge on any atom is -0.503 e. The molecule has 0 saturated carbocycles. The number of carbonyl (C=O) groups is 3. The number of hydrogen-bond acceptors (Lipinski definition) is 6. The van der Waals surface area contributed by atoms with E-state index in [1.165, 1.54) is 49.5 Å². The topological polar surface area (TPSA) is 113 Å². The number of aliphatic hydroxyl groups is 1. The van der Waals surface area contributed by atoms with Gasteiger partial charge in [0.15, 0.2) is 11.5 Å². The fraction of sp³-hybridized carbons (Fsp3) is 0.107. The van der Waals surface area contributed by atoms with Crippen molar-refractivity contribution >= 4 is 29.4 Å². The second-order valence-electron chi connectivity index (χ2n) is 7.91. The minimum atomic E-state index is -1.18. The molecule has 0 fully saturated rings. The lowest BCUT2D eigenvalue weighted by molar-refractivity contribution is -0.117. The number of ketones is 1. The average Bonchev–Trinajstić information content (AvgIpc) is 3.17. The van der Waals surface area contributed by atoms with Gasteiger partial charge in [-0.25, -0.2) is 4.79 Å². The van der Waals surface area contributed by atoms with Crippen LogP contribution in [0.1, 0.15) is 27.5 Å². The van der Waals surface area contributed by atoms with Crippen LogP contribution in [0.2, 0.25) is 0 Å². The third-order valence-electron chi connectivity index (χ3n) is 5.80. The number of anilines is 1. The molecule has 1 heterocycles. The Bertz CT molecular complexity index is 1390. The molecule has 3 aromatic rings. The Morgan fingerprint density at radius 1 is 0.944 bits per heavy atom. The van der Waals surface area contributed by atoms with Gasteiger partial charge in [-0.3, -0.25) is 14.5 Å². The molecule has 0 aliphatic carbocycles. The first-order valence-electron chi connectivity index (χ1n) is 10.9. The van der Waals surface area contributed by atoms with Crippen molar-refractivity contribution in [2.75, 3.05) is 19.1 Å². The van der Waals surface area contributed by atoms with Gasteiger partial charge in [-0.2, -0.15) is 0 Å². The van der Waals surface area contributed by atoms with Crippen LogP contribution in [0.5, 0.6) is 11.5 Å². The number of hydrogen-bond donors (Lipinski definition) is 2. The van der Waals surface area contributed by atoms with E-state index in [2.05, 4.69) is 0 Å². The average molecular weight is 485 g/mol. The van der Waals surface area contributed by atoms with E-state index < -0.39 is 29.5 Å². The lowest BCUT2D eigenvalue weighted by Crippen LogP contribution is -2.31. The summed E-state index contributed by atoms with van der Waals surface area (Å²) >= 11 is 0. The molecule has 182 valence electrons. The second-order valence-corrected chi connectivity index (χ2v) is 7.91. The van der Waals surface area contributed by atoms with Crippen molar-refractivity contribution in [3.8, 4) is 11.5 Å². The van der Waals surface area contributed by atoms with Crippen molar-refractivity contribution < 1.29 is 34.1 Å². The number of allylic oxidation sites excluding steroid dienone is 1. The zero-order valence-corrected chi connectivity index (χ0v) is 19.5. The summed E-state index contributed by atoms with van der Waals surface area (Å²) in [7, 11) is 2.92. The summed E-state index contributed by atoms with van der Waals surface area (Å²) in [6.45, 7) is 0. The molecule has 8 nitrogen and oxygen atoms in total. The predicted molar refractivity (Wildman–Crippen MR) is 133 cm³/mol. The quantitative estimate of drug-likeness (QED) is 0.449. The van der Waals surface area contributed by atoms with Gasteiger partial charge in [-0.15, -0.1) is 0 Å². The molecule has 0 bridgehead atoms. The predicted octanol–water partition coefficient (Wildman–Crippen LogP) is 4.58. The first-order valence-corrected chi connectivity index (χ1v) is 10.9. The molecule has 0 spiro atoms. The van der Waals surface area contributed by atoms with E-state index in [1.807, 2.05) is 30.3 Å². The van der Waals surface area contributed by atoms with Crippen molar-refractivity contribution in [3.05, 3.63) is 107 Å². The summed E-state index contributed by atoms with van der Waals surface area (Å²) in [4.78, 5) is 39.5. The number of amides is 1. The Morgan fingerprint density at radius 2 is 1.69 bits per heavy atom. The molecular formula is C28H23NO7. The maximum atomic E-state index is 13.4. The zero-order chi connectivity index (χ0) is 25.8. The van der Waals surface area contributed by atoms with Crippen LogP contribution in [0.25, 0.3) is 6.08 Å². The number of aromatic carboxylic acids is 1. The summed E-state index contributed by atoms with van der Waals surface area (Å²) in [5.41, 5.74) is 1.11. The van der Waals surface area contributed by atoms with Crippen molar-refractivity contribution in [2.45, 2.75) is 6.04 Å². The van der Waals surface area contributed by atoms with E-state index in [0.29, 0.717) is 17.1 Å². The molecule has 1 aliphatic heterocycles. The molecule has 0 radical (unpaired) electrons. The van der Waals surface area contributed by atoms with E-state index in [4.69, 9.17) is 9.47 Å². The molecule has 0 aromatic heterocycles. The smallest absolute Gasteiger partial charge is 0.335 e. The van der Waals surface area contributed by atoms with E-state index >= 15 is 0 Å². The molecule has 1 atom stereocenters. The molecule has 1 amide bonds. The molecular weight excluding hydrogens is 462 g/mol. The Labute approximate surface area is 207 Å². The van der Waals surface area contributed by atoms with Crippen LogP contribution in [0.4, 0.5) is 5.69 Å². The van der Waals surface area contributed by atoms with Gasteiger partial charge in [0, 0.05) is 11.3 Å². The Morgan fingerprint density at radius 3 is 2.36 bits per heavy atom. The highest BCUT2D eigenvalue weighted by Crippen LogP contribution is 2.45. The fourth-order valence-corrected chi connectivity index (χ4v) is 4.09. The molecule has 1 aliphatic rings. The van der Waals surface area contributed by atoms with Crippen LogP contribution < -0.4 is 14.4 Å². The Kier molecular flexibility index (Phi) is 6.87. The lowest BCUT2D eigenvalue weighted by Gasteiger charge is -2.28. The van der Waals surface area contributed by atoms with Gasteiger partial charge in [0.05, 0.1) is 31.4 Å². The molecule has 8 heteroatoms. The van der Waals surface area contributed by atoms with E-state index in [0.717, 1.165) is 5.56 Å². The van der Waals surface area contributed by atoms with E-state index in [1.54, 1.807) is 24.3 Å². The summed E-state index contributed by atoms with van der Waals surface area (Å²) in [6, 6.07) is 18.6. The number of ether oxygens (including phenoxy) is 2. The largest absolute Gasteiger partial charge is 0.503 e. The number of rotatable bonds is 8. The third-order valence-corrected chi connectivity index (χ3v) is 5.80. The Balaban J connectivity index is 1.89. The summed E-state index contributed by atoms with van der Waals surface area (Å²) < 4.78 is 10.9. The van der Waals surface area contributed by atoms with Gasteiger partial charge >= 0.3 is 5.97 Å². The highest BCUT2D eigenvalue weighted by molar-refractivity contribution is 6.20. The highest BCUT2D eigenvalue weighted by atomic mass is 16.5. The van der Waals surface area contributed by atoms with Crippen LogP contribution >= 0.6 is 0 Å². The van der Waals surface area contributed by atoms with Crippen molar-refractivity contribution in [3.63, 3.8) is 0 Å². The number of nitrogens with zero attached hydrogens (tertiary/aromatic N) is 1. The van der Waals surface area contributed by atoms with Gasteiger partial charge in [0.25, 0.3) is 5.91 Å². The molecule has 0 saturated heterocycles. The number of carbonyl (C=O) groups excluding carboxylic acids is 2. The Hall–Kier alpha value is -4.85. The van der Waals surface area contributed by atoms with Crippen molar-refractivity contribution in [2.24, 2.45) is 0 Å². The molecule has 2 N–H and O–H groups in total. The van der Waals surface area contributed by atoms with Crippen LogP contribution in [0.3, 0.4) is 0 Å². The molecule has 0 unspecified atom stereocenters. The van der Waals surface area contributed by atoms with Crippen LogP contribution in [-0.4, -0.2) is 42.1 Å². The SMILES string of the molecule is COc1ccc(OC)c([C@@H]2C(C(=O)C=Cc3ccccc3)=C(O)C(=O)N2c2cccc(C(=O)O)c2)c1. The fourth-order valence-electron chi connectivity index (χ4n) is 4.09. The summed E-state index contributed by atoms with van der Waals surface area (Å²) in [5.74, 6) is -2.55. The normalized spacial score (nSPS) is 15.4. The highest BCUT2D eigenvalue weighted by Gasteiger charge is 2.45. The van der Waals surface area contributed by atoms with Gasteiger partial charge in [-0.1, -0.05) is 42.5 Å². The molecule has 36 heavy (non-hydrogen) atoms. The number of carboxylic acid groups (broad SMARTS) is 1. The number of methoxy groups -OCH3 is 2. The molecule has 3 aromatic carbocycles.